The molecule has 94 valence electrons. The second-order valence-electron chi connectivity index (χ2n) is 4.15. The van der Waals surface area contributed by atoms with Crippen LogP contribution in [-0.4, -0.2) is 18.3 Å². The number of halogens is 2. The Kier molecular flexibility index (Phi) is 5.65. The Morgan fingerprint density at radius 2 is 2.06 bits per heavy atom. The van der Waals surface area contributed by atoms with E-state index in [1.54, 1.807) is 6.07 Å². The first kappa shape index (κ1) is 14.2. The van der Waals surface area contributed by atoms with Crippen LogP contribution in [0.5, 0.6) is 0 Å². The first-order chi connectivity index (χ1) is 7.99. The number of rotatable bonds is 6. The van der Waals surface area contributed by atoms with Crippen molar-refractivity contribution in [3.63, 3.8) is 0 Å². The Morgan fingerprint density at radius 3 is 2.65 bits per heavy atom. The third-order valence-electron chi connectivity index (χ3n) is 2.09. The van der Waals surface area contributed by atoms with Gasteiger partial charge in [0.2, 0.25) is 0 Å². The van der Waals surface area contributed by atoms with Crippen molar-refractivity contribution in [2.45, 2.75) is 24.8 Å². The normalized spacial score (nSPS) is 10.9. The smallest absolute Gasteiger partial charge is 0.159 e. The summed E-state index contributed by atoms with van der Waals surface area (Å²) in [6.07, 6.45) is 0. The van der Waals surface area contributed by atoms with E-state index in [1.807, 2.05) is 0 Å². The van der Waals surface area contributed by atoms with Gasteiger partial charge in [0.05, 0.1) is 0 Å². The van der Waals surface area contributed by atoms with Gasteiger partial charge in [0.1, 0.15) is 0 Å². The number of benzene rings is 1. The summed E-state index contributed by atoms with van der Waals surface area (Å²) in [5, 5.41) is 3.26. The Bertz CT molecular complexity index is 391. The maximum Gasteiger partial charge on any atom is 0.159 e. The topological polar surface area (TPSA) is 12.0 Å². The van der Waals surface area contributed by atoms with E-state index in [0.717, 1.165) is 23.1 Å². The van der Waals surface area contributed by atoms with Gasteiger partial charge in [-0.1, -0.05) is 26.0 Å². The minimum atomic E-state index is -0.811. The molecule has 0 fully saturated rings. The molecule has 1 N–H and O–H groups in total. The van der Waals surface area contributed by atoms with E-state index in [-0.39, 0.29) is 0 Å². The molecule has 1 nitrogen and oxygen atoms in total. The summed E-state index contributed by atoms with van der Waals surface area (Å²) < 4.78 is 25.6. The Balaban J connectivity index is 2.39. The highest BCUT2D eigenvalue weighted by Gasteiger charge is 2.04. The van der Waals surface area contributed by atoms with Gasteiger partial charge in [0, 0.05) is 23.2 Å². The van der Waals surface area contributed by atoms with Crippen LogP contribution in [0.1, 0.15) is 13.8 Å². The number of thioether (sulfide) groups is 1. The molecule has 0 radical (unpaired) electrons. The maximum atomic E-state index is 12.9. The fourth-order valence-corrected chi connectivity index (χ4v) is 1.98. The van der Waals surface area contributed by atoms with Crippen LogP contribution in [-0.2, 0) is 0 Å². The molecule has 1 aromatic rings. The highest BCUT2D eigenvalue weighted by atomic mass is 32.2. The number of hydrogen-bond acceptors (Lipinski definition) is 2. The van der Waals surface area contributed by atoms with Gasteiger partial charge in [0.15, 0.2) is 11.6 Å². The van der Waals surface area contributed by atoms with Gasteiger partial charge >= 0.3 is 0 Å². The molecule has 0 saturated heterocycles. The van der Waals surface area contributed by atoms with Crippen LogP contribution >= 0.6 is 11.8 Å². The van der Waals surface area contributed by atoms with Crippen molar-refractivity contribution in [2.75, 3.05) is 12.3 Å². The minimum absolute atomic E-state index is 0.417. The van der Waals surface area contributed by atoms with Crippen LogP contribution in [0.15, 0.2) is 35.2 Å². The molecular formula is C13H17F2NS. The zero-order valence-corrected chi connectivity index (χ0v) is 10.9. The zero-order valence-electron chi connectivity index (χ0n) is 10.1. The van der Waals surface area contributed by atoms with E-state index in [1.165, 1.54) is 17.8 Å². The van der Waals surface area contributed by atoms with Crippen LogP contribution in [0.3, 0.4) is 0 Å². The average Bonchev–Trinajstić information content (AvgIpc) is 2.28. The molecule has 0 aliphatic heterocycles. The van der Waals surface area contributed by atoms with Crippen LogP contribution in [0, 0.1) is 11.6 Å². The molecule has 0 heterocycles. The molecule has 0 spiro atoms. The molecule has 17 heavy (non-hydrogen) atoms. The second kappa shape index (κ2) is 6.77. The van der Waals surface area contributed by atoms with E-state index in [9.17, 15) is 8.78 Å². The lowest BCUT2D eigenvalue weighted by molar-refractivity contribution is 0.506. The third kappa shape index (κ3) is 5.33. The fraction of sp³-hybridized carbons (Fsp3) is 0.385. The first-order valence-corrected chi connectivity index (χ1v) is 6.45. The van der Waals surface area contributed by atoms with E-state index in [2.05, 4.69) is 25.7 Å². The number of hydrogen-bond donors (Lipinski definition) is 1. The van der Waals surface area contributed by atoms with Crippen molar-refractivity contribution in [1.29, 1.82) is 0 Å². The lowest BCUT2D eigenvalue weighted by Crippen LogP contribution is -2.25. The lowest BCUT2D eigenvalue weighted by atomic mass is 10.3. The van der Waals surface area contributed by atoms with Gasteiger partial charge in [-0.15, -0.1) is 11.8 Å². The van der Waals surface area contributed by atoms with Gasteiger partial charge in [-0.2, -0.15) is 0 Å². The van der Waals surface area contributed by atoms with Gasteiger partial charge < -0.3 is 5.32 Å². The summed E-state index contributed by atoms with van der Waals surface area (Å²) in [6.45, 7) is 8.81. The van der Waals surface area contributed by atoms with Crippen molar-refractivity contribution in [3.8, 4) is 0 Å². The molecule has 0 saturated carbocycles. The zero-order chi connectivity index (χ0) is 12.8. The highest BCUT2D eigenvalue weighted by molar-refractivity contribution is 7.99. The van der Waals surface area contributed by atoms with E-state index < -0.39 is 11.6 Å². The molecule has 0 amide bonds. The fourth-order valence-electron chi connectivity index (χ4n) is 1.15. The van der Waals surface area contributed by atoms with Gasteiger partial charge in [-0.05, 0) is 18.2 Å². The Hall–Kier alpha value is -0.870. The van der Waals surface area contributed by atoms with Gasteiger partial charge in [0.25, 0.3) is 0 Å². The molecular weight excluding hydrogens is 240 g/mol. The standard InChI is InChI=1S/C13H17F2NS/c1-9(2)16-7-10(3)8-17-11-4-5-12(14)13(15)6-11/h4-6,9,16H,3,7-8H2,1-2H3. The van der Waals surface area contributed by atoms with Crippen LogP contribution in [0.4, 0.5) is 8.78 Å². The molecule has 0 aliphatic rings. The molecule has 4 heteroatoms. The second-order valence-corrected chi connectivity index (χ2v) is 5.20. The summed E-state index contributed by atoms with van der Waals surface area (Å²) in [4.78, 5) is 0.717. The van der Waals surface area contributed by atoms with Crippen molar-refractivity contribution in [3.05, 3.63) is 42.0 Å². The predicted molar refractivity (Wildman–Crippen MR) is 69.4 cm³/mol. The summed E-state index contributed by atoms with van der Waals surface area (Å²) in [5.74, 6) is -0.916. The molecule has 1 rings (SSSR count). The Morgan fingerprint density at radius 1 is 1.35 bits per heavy atom. The Labute approximate surface area is 105 Å². The minimum Gasteiger partial charge on any atom is -0.311 e. The summed E-state index contributed by atoms with van der Waals surface area (Å²) in [5.41, 5.74) is 1.04. The molecule has 0 unspecified atom stereocenters. The van der Waals surface area contributed by atoms with Crippen molar-refractivity contribution >= 4 is 11.8 Å². The largest absolute Gasteiger partial charge is 0.311 e. The van der Waals surface area contributed by atoms with Crippen LogP contribution in [0.2, 0.25) is 0 Å². The monoisotopic (exact) mass is 257 g/mol. The maximum absolute atomic E-state index is 12.9. The van der Waals surface area contributed by atoms with E-state index in [4.69, 9.17) is 0 Å². The first-order valence-electron chi connectivity index (χ1n) is 5.47. The molecule has 0 bridgehead atoms. The number of nitrogens with one attached hydrogen (secondary N) is 1. The predicted octanol–water partition coefficient (Wildman–Crippen LogP) is 3.61. The van der Waals surface area contributed by atoms with Crippen LogP contribution in [0.25, 0.3) is 0 Å². The molecule has 0 atom stereocenters. The van der Waals surface area contributed by atoms with Crippen molar-refractivity contribution < 1.29 is 8.78 Å². The van der Waals surface area contributed by atoms with Gasteiger partial charge in [-0.3, -0.25) is 0 Å². The summed E-state index contributed by atoms with van der Waals surface area (Å²) in [6, 6.07) is 4.35. The van der Waals surface area contributed by atoms with Crippen molar-refractivity contribution in [1.82, 2.24) is 5.32 Å². The van der Waals surface area contributed by atoms with E-state index in [0.29, 0.717) is 11.8 Å². The average molecular weight is 257 g/mol. The summed E-state index contributed by atoms with van der Waals surface area (Å²) in [7, 11) is 0. The van der Waals surface area contributed by atoms with Gasteiger partial charge in [-0.25, -0.2) is 8.78 Å². The lowest BCUT2D eigenvalue weighted by Gasteiger charge is -2.10. The quantitative estimate of drug-likeness (QED) is 0.617. The molecule has 1 aromatic carbocycles. The van der Waals surface area contributed by atoms with Crippen molar-refractivity contribution in [2.24, 2.45) is 0 Å². The highest BCUT2D eigenvalue weighted by Crippen LogP contribution is 2.21. The van der Waals surface area contributed by atoms with Crippen LogP contribution < -0.4 is 5.32 Å². The molecule has 0 aromatic heterocycles. The third-order valence-corrected chi connectivity index (χ3v) is 3.23. The SMILES string of the molecule is C=C(CNC(C)C)CSc1ccc(F)c(F)c1. The molecule has 0 aliphatic carbocycles. The summed E-state index contributed by atoms with van der Waals surface area (Å²) >= 11 is 1.46. The van der Waals surface area contributed by atoms with E-state index >= 15 is 0 Å².